The first kappa shape index (κ1) is 14.9. The van der Waals surface area contributed by atoms with E-state index in [2.05, 4.69) is 4.57 Å². The molecule has 0 bridgehead atoms. The number of carbonyl (C=O) groups is 1. The van der Waals surface area contributed by atoms with Crippen molar-refractivity contribution in [1.29, 1.82) is 0 Å². The van der Waals surface area contributed by atoms with Crippen LogP contribution in [-0.4, -0.2) is 27.2 Å². The molecule has 1 N–H and O–H groups in total. The number of para-hydroxylation sites is 2. The number of aromatic nitrogens is 2. The molecule has 24 heavy (non-hydrogen) atoms. The zero-order chi connectivity index (χ0) is 16.6. The van der Waals surface area contributed by atoms with Gasteiger partial charge in [0.15, 0.2) is 5.60 Å². The Hall–Kier alpha value is -2.66. The van der Waals surface area contributed by atoms with Crippen molar-refractivity contribution in [1.82, 2.24) is 9.55 Å². The second-order valence-electron chi connectivity index (χ2n) is 6.01. The van der Waals surface area contributed by atoms with Crippen molar-refractivity contribution in [2.75, 3.05) is 6.61 Å². The maximum atomic E-state index is 11.2. The van der Waals surface area contributed by atoms with Gasteiger partial charge in [0.2, 0.25) is 0 Å². The molecule has 0 fully saturated rings. The van der Waals surface area contributed by atoms with Gasteiger partial charge in [-0.3, -0.25) is 4.79 Å². The number of benzene rings is 2. The molecule has 3 aromatic rings. The summed E-state index contributed by atoms with van der Waals surface area (Å²) >= 11 is 0. The van der Waals surface area contributed by atoms with E-state index in [-0.39, 0.29) is 6.42 Å². The Balaban J connectivity index is 1.93. The van der Waals surface area contributed by atoms with Gasteiger partial charge < -0.3 is 14.4 Å². The highest BCUT2D eigenvalue weighted by molar-refractivity contribution is 5.76. The molecule has 2 heterocycles. The van der Waals surface area contributed by atoms with Gasteiger partial charge in [-0.15, -0.1) is 0 Å². The van der Waals surface area contributed by atoms with Crippen molar-refractivity contribution in [3.05, 3.63) is 66.0 Å². The first-order valence-corrected chi connectivity index (χ1v) is 8.08. The third kappa shape index (κ3) is 2.29. The minimum atomic E-state index is -0.831. The average molecular weight is 322 g/mol. The lowest BCUT2D eigenvalue weighted by Crippen LogP contribution is -2.40. The molecule has 0 saturated carbocycles. The summed E-state index contributed by atoms with van der Waals surface area (Å²) in [6.45, 7) is 1.25. The van der Waals surface area contributed by atoms with E-state index in [4.69, 9.17) is 9.72 Å². The van der Waals surface area contributed by atoms with Gasteiger partial charge in [-0.1, -0.05) is 42.5 Å². The molecule has 122 valence electrons. The number of carboxylic acid groups (broad SMARTS) is 1. The lowest BCUT2D eigenvalue weighted by atomic mass is 9.87. The Morgan fingerprint density at radius 3 is 2.71 bits per heavy atom. The van der Waals surface area contributed by atoms with Gasteiger partial charge in [0, 0.05) is 13.0 Å². The molecule has 1 aliphatic heterocycles. The zero-order valence-electron chi connectivity index (χ0n) is 13.2. The number of ether oxygens (including phenoxy) is 1. The lowest BCUT2D eigenvalue weighted by Gasteiger charge is -2.37. The van der Waals surface area contributed by atoms with Crippen LogP contribution in [-0.2, 0) is 21.7 Å². The number of rotatable bonds is 4. The number of fused-ring (bicyclic) bond motifs is 3. The fourth-order valence-corrected chi connectivity index (χ4v) is 3.52. The van der Waals surface area contributed by atoms with E-state index >= 15 is 0 Å². The number of carboxylic acids is 1. The number of nitrogens with zero attached hydrogens (tertiary/aromatic N) is 2. The molecule has 0 aliphatic carbocycles. The molecule has 4 rings (SSSR count). The van der Waals surface area contributed by atoms with Gasteiger partial charge in [0.05, 0.1) is 17.6 Å². The Morgan fingerprint density at radius 1 is 1.17 bits per heavy atom. The van der Waals surface area contributed by atoms with E-state index in [1.807, 2.05) is 54.6 Å². The normalized spacial score (nSPS) is 20.0. The van der Waals surface area contributed by atoms with Crippen LogP contribution in [0.2, 0.25) is 0 Å². The van der Waals surface area contributed by atoms with E-state index in [1.165, 1.54) is 0 Å². The van der Waals surface area contributed by atoms with E-state index in [1.54, 1.807) is 0 Å². The predicted octanol–water partition coefficient (Wildman–Crippen LogP) is 3.17. The average Bonchev–Trinajstić information content (AvgIpc) is 3.00. The van der Waals surface area contributed by atoms with Crippen molar-refractivity contribution >= 4 is 17.0 Å². The van der Waals surface area contributed by atoms with Crippen LogP contribution in [0, 0.1) is 0 Å². The Morgan fingerprint density at radius 2 is 1.92 bits per heavy atom. The third-order valence-corrected chi connectivity index (χ3v) is 4.61. The monoisotopic (exact) mass is 322 g/mol. The maximum absolute atomic E-state index is 11.2. The molecule has 1 atom stereocenters. The smallest absolute Gasteiger partial charge is 0.303 e. The summed E-state index contributed by atoms with van der Waals surface area (Å²) in [5.74, 6) is -0.0375. The molecular formula is C19H18N2O3. The summed E-state index contributed by atoms with van der Waals surface area (Å²) < 4.78 is 8.37. The number of hydrogen-bond acceptors (Lipinski definition) is 3. The summed E-state index contributed by atoms with van der Waals surface area (Å²) in [6, 6.07) is 17.8. The van der Waals surface area contributed by atoms with E-state index in [0.29, 0.717) is 13.0 Å². The van der Waals surface area contributed by atoms with E-state index in [0.717, 1.165) is 29.0 Å². The fraction of sp³-hybridized carbons (Fsp3) is 0.263. The molecule has 2 aromatic carbocycles. The molecule has 5 heteroatoms. The minimum Gasteiger partial charge on any atom is -0.481 e. The van der Waals surface area contributed by atoms with Gasteiger partial charge in [-0.05, 0) is 24.1 Å². The fourth-order valence-electron chi connectivity index (χ4n) is 3.52. The topological polar surface area (TPSA) is 64.3 Å². The second kappa shape index (κ2) is 5.76. The Labute approximate surface area is 139 Å². The van der Waals surface area contributed by atoms with Crippen molar-refractivity contribution in [3.8, 4) is 0 Å². The van der Waals surface area contributed by atoms with Gasteiger partial charge >= 0.3 is 5.97 Å². The van der Waals surface area contributed by atoms with Crippen molar-refractivity contribution in [3.63, 3.8) is 0 Å². The zero-order valence-corrected chi connectivity index (χ0v) is 13.2. The number of imidazole rings is 1. The van der Waals surface area contributed by atoms with Crippen LogP contribution in [0.1, 0.15) is 24.2 Å². The Bertz CT molecular complexity index is 888. The maximum Gasteiger partial charge on any atom is 0.303 e. The molecule has 1 aliphatic rings. The number of hydrogen-bond donors (Lipinski definition) is 1. The second-order valence-corrected chi connectivity index (χ2v) is 6.01. The quantitative estimate of drug-likeness (QED) is 0.801. The summed E-state index contributed by atoms with van der Waals surface area (Å²) in [7, 11) is 0. The first-order valence-electron chi connectivity index (χ1n) is 8.08. The molecule has 5 nitrogen and oxygen atoms in total. The molecular weight excluding hydrogens is 304 g/mol. The lowest BCUT2D eigenvalue weighted by molar-refractivity contribution is -0.139. The Kier molecular flexibility index (Phi) is 3.58. The van der Waals surface area contributed by atoms with Crippen molar-refractivity contribution in [2.24, 2.45) is 0 Å². The van der Waals surface area contributed by atoms with E-state index in [9.17, 15) is 9.90 Å². The van der Waals surface area contributed by atoms with Gasteiger partial charge in [0.25, 0.3) is 0 Å². The highest BCUT2D eigenvalue weighted by Crippen LogP contribution is 2.41. The summed E-state index contributed by atoms with van der Waals surface area (Å²) in [4.78, 5) is 16.0. The van der Waals surface area contributed by atoms with Gasteiger partial charge in [-0.2, -0.15) is 0 Å². The van der Waals surface area contributed by atoms with Gasteiger partial charge in [0.1, 0.15) is 5.82 Å². The number of aliphatic carboxylic acids is 1. The molecule has 0 spiro atoms. The summed E-state index contributed by atoms with van der Waals surface area (Å²) in [5, 5.41) is 9.21. The van der Waals surface area contributed by atoms with Gasteiger partial charge in [-0.25, -0.2) is 4.98 Å². The van der Waals surface area contributed by atoms with Crippen LogP contribution in [0.4, 0.5) is 0 Å². The molecule has 0 radical (unpaired) electrons. The third-order valence-electron chi connectivity index (χ3n) is 4.61. The highest BCUT2D eigenvalue weighted by atomic mass is 16.5. The van der Waals surface area contributed by atoms with Crippen molar-refractivity contribution in [2.45, 2.75) is 25.0 Å². The van der Waals surface area contributed by atoms with Crippen LogP contribution >= 0.6 is 0 Å². The predicted molar refractivity (Wildman–Crippen MR) is 89.8 cm³/mol. The molecule has 1 unspecified atom stereocenters. The summed E-state index contributed by atoms with van der Waals surface area (Å²) in [5.41, 5.74) is 2.10. The summed E-state index contributed by atoms with van der Waals surface area (Å²) in [6.07, 6.45) is 0.383. The van der Waals surface area contributed by atoms with E-state index < -0.39 is 11.6 Å². The molecule has 1 aromatic heterocycles. The largest absolute Gasteiger partial charge is 0.481 e. The van der Waals surface area contributed by atoms with Crippen LogP contribution in [0.5, 0.6) is 0 Å². The molecule has 0 saturated heterocycles. The standard InChI is InChI=1S/C19H18N2O3/c22-17(23)10-11-19(14-6-2-1-3-7-14)18-20-15-8-4-5-9-16(15)21(18)12-13-24-19/h1-9H,10-13H2,(H,22,23). The van der Waals surface area contributed by atoms with Crippen LogP contribution < -0.4 is 0 Å². The van der Waals surface area contributed by atoms with Crippen LogP contribution in [0.15, 0.2) is 54.6 Å². The highest BCUT2D eigenvalue weighted by Gasteiger charge is 2.42. The van der Waals surface area contributed by atoms with Crippen LogP contribution in [0.25, 0.3) is 11.0 Å². The minimum absolute atomic E-state index is 0.0259. The molecule has 0 amide bonds. The van der Waals surface area contributed by atoms with Crippen molar-refractivity contribution < 1.29 is 14.6 Å². The van der Waals surface area contributed by atoms with Crippen LogP contribution in [0.3, 0.4) is 0 Å². The first-order chi connectivity index (χ1) is 11.7. The SMILES string of the molecule is O=C(O)CCC1(c2ccccc2)OCCn2c1nc1ccccc12.